The van der Waals surface area contributed by atoms with Gasteiger partial charge in [-0.05, 0) is 43.3 Å². The van der Waals surface area contributed by atoms with Gasteiger partial charge in [-0.25, -0.2) is 4.79 Å². The summed E-state index contributed by atoms with van der Waals surface area (Å²) >= 11 is 11.9. The molecule has 0 N–H and O–H groups in total. The lowest BCUT2D eigenvalue weighted by Crippen LogP contribution is -2.10. The highest BCUT2D eigenvalue weighted by atomic mass is 35.5. The van der Waals surface area contributed by atoms with Gasteiger partial charge in [0.1, 0.15) is 5.75 Å². The van der Waals surface area contributed by atoms with Crippen LogP contribution in [0, 0.1) is 0 Å². The van der Waals surface area contributed by atoms with Crippen LogP contribution in [0.3, 0.4) is 0 Å². The third kappa shape index (κ3) is 3.18. The van der Waals surface area contributed by atoms with Gasteiger partial charge in [-0.1, -0.05) is 29.3 Å². The Bertz CT molecular complexity index is 643. The maximum Gasteiger partial charge on any atom is 0.346 e. The molecular weight excluding hydrogens is 299 g/mol. The van der Waals surface area contributed by atoms with Gasteiger partial charge in [0.2, 0.25) is 0 Å². The van der Waals surface area contributed by atoms with Crippen LogP contribution in [0.4, 0.5) is 0 Å². The molecule has 0 atom stereocenters. The lowest BCUT2D eigenvalue weighted by atomic mass is 10.1. The normalized spacial score (nSPS) is 10.2. The summed E-state index contributed by atoms with van der Waals surface area (Å²) in [5.41, 5.74) is 0.659. The predicted molar refractivity (Wildman–Crippen MR) is 77.9 cm³/mol. The Hall–Kier alpha value is -1.84. The van der Waals surface area contributed by atoms with Crippen molar-refractivity contribution in [2.45, 2.75) is 6.92 Å². The molecule has 20 heavy (non-hydrogen) atoms. The van der Waals surface area contributed by atoms with E-state index >= 15 is 0 Å². The number of hydrogen-bond donors (Lipinski definition) is 0. The first kappa shape index (κ1) is 14.6. The highest BCUT2D eigenvalue weighted by Crippen LogP contribution is 2.26. The molecule has 3 nitrogen and oxygen atoms in total. The van der Waals surface area contributed by atoms with E-state index in [4.69, 9.17) is 27.9 Å². The smallest absolute Gasteiger partial charge is 0.346 e. The van der Waals surface area contributed by atoms with Crippen LogP contribution in [-0.4, -0.2) is 11.8 Å². The minimum absolute atomic E-state index is 0.0583. The molecule has 5 heteroatoms. The molecule has 2 aromatic carbocycles. The van der Waals surface area contributed by atoms with E-state index in [9.17, 15) is 9.59 Å². The SMILES string of the molecule is CC(=O)c1ccc(OC(=O)c2c(Cl)cccc2Cl)cc1. The number of carbonyl (C=O) groups is 2. The molecule has 0 spiro atoms. The zero-order chi connectivity index (χ0) is 14.7. The van der Waals surface area contributed by atoms with E-state index in [1.807, 2.05) is 0 Å². The van der Waals surface area contributed by atoms with Crippen LogP contribution in [0.5, 0.6) is 5.75 Å². The third-order valence-electron chi connectivity index (χ3n) is 2.64. The molecule has 0 saturated carbocycles. The van der Waals surface area contributed by atoms with Crippen LogP contribution in [0.2, 0.25) is 10.0 Å². The highest BCUT2D eigenvalue weighted by molar-refractivity contribution is 6.39. The number of rotatable bonds is 3. The summed E-state index contributed by atoms with van der Waals surface area (Å²) in [6.07, 6.45) is 0. The zero-order valence-electron chi connectivity index (χ0n) is 10.5. The number of esters is 1. The van der Waals surface area contributed by atoms with Crippen LogP contribution in [0.15, 0.2) is 42.5 Å². The molecule has 0 aliphatic carbocycles. The van der Waals surface area contributed by atoms with Crippen molar-refractivity contribution < 1.29 is 14.3 Å². The van der Waals surface area contributed by atoms with Gasteiger partial charge in [-0.3, -0.25) is 4.79 Å². The number of carbonyl (C=O) groups excluding carboxylic acids is 2. The van der Waals surface area contributed by atoms with Gasteiger partial charge < -0.3 is 4.74 Å². The first-order chi connectivity index (χ1) is 9.49. The molecule has 0 fully saturated rings. The number of Topliss-reactive ketones (excluding diaryl/α,β-unsaturated/α-hetero) is 1. The summed E-state index contributed by atoms with van der Waals surface area (Å²) in [5.74, 6) is -0.385. The number of benzene rings is 2. The molecule has 2 rings (SSSR count). The summed E-state index contributed by atoms with van der Waals surface area (Å²) in [7, 11) is 0. The average Bonchev–Trinajstić information content (AvgIpc) is 2.39. The van der Waals surface area contributed by atoms with Crippen LogP contribution in [0.1, 0.15) is 27.6 Å². The number of ether oxygens (including phenoxy) is 1. The van der Waals surface area contributed by atoms with Crippen molar-refractivity contribution in [1.29, 1.82) is 0 Å². The van der Waals surface area contributed by atoms with Crippen LogP contribution < -0.4 is 4.74 Å². The number of ketones is 1. The molecular formula is C15H10Cl2O3. The molecule has 0 bridgehead atoms. The maximum atomic E-state index is 12.0. The molecule has 0 saturated heterocycles. The Labute approximate surface area is 126 Å². The monoisotopic (exact) mass is 308 g/mol. The Morgan fingerprint density at radius 1 is 0.950 bits per heavy atom. The molecule has 102 valence electrons. The summed E-state index contributed by atoms with van der Waals surface area (Å²) < 4.78 is 5.18. The van der Waals surface area contributed by atoms with Gasteiger partial charge in [0, 0.05) is 5.56 Å². The van der Waals surface area contributed by atoms with E-state index in [1.54, 1.807) is 42.5 Å². The zero-order valence-corrected chi connectivity index (χ0v) is 12.0. The molecule has 0 aliphatic heterocycles. The average molecular weight is 309 g/mol. The van der Waals surface area contributed by atoms with Gasteiger partial charge in [0.25, 0.3) is 0 Å². The summed E-state index contributed by atoms with van der Waals surface area (Å²) in [4.78, 5) is 23.2. The van der Waals surface area contributed by atoms with Crippen molar-refractivity contribution in [2.24, 2.45) is 0 Å². The van der Waals surface area contributed by atoms with Gasteiger partial charge in [-0.2, -0.15) is 0 Å². The fraction of sp³-hybridized carbons (Fsp3) is 0.0667. The Kier molecular flexibility index (Phi) is 4.42. The molecule has 0 unspecified atom stereocenters. The third-order valence-corrected chi connectivity index (χ3v) is 3.27. The summed E-state index contributed by atoms with van der Waals surface area (Å²) in [5, 5.41) is 0.450. The van der Waals surface area contributed by atoms with E-state index < -0.39 is 5.97 Å². The van der Waals surface area contributed by atoms with Gasteiger partial charge in [-0.15, -0.1) is 0 Å². The first-order valence-corrected chi connectivity index (χ1v) is 6.52. The van der Waals surface area contributed by atoms with Crippen molar-refractivity contribution in [3.8, 4) is 5.75 Å². The van der Waals surface area contributed by atoms with Crippen molar-refractivity contribution in [1.82, 2.24) is 0 Å². The topological polar surface area (TPSA) is 43.4 Å². The van der Waals surface area contributed by atoms with E-state index in [-0.39, 0.29) is 21.4 Å². The van der Waals surface area contributed by atoms with E-state index in [1.165, 1.54) is 6.92 Å². The Morgan fingerprint density at radius 3 is 2.00 bits per heavy atom. The lowest BCUT2D eigenvalue weighted by molar-refractivity contribution is 0.0735. The molecule has 0 aromatic heterocycles. The quantitative estimate of drug-likeness (QED) is 0.479. The van der Waals surface area contributed by atoms with Crippen molar-refractivity contribution in [3.05, 3.63) is 63.6 Å². The predicted octanol–water partition coefficient (Wildman–Crippen LogP) is 4.42. The molecule has 0 radical (unpaired) electrons. The number of hydrogen-bond acceptors (Lipinski definition) is 3. The standard InChI is InChI=1S/C15H10Cl2O3/c1-9(18)10-5-7-11(8-6-10)20-15(19)14-12(16)3-2-4-13(14)17/h2-8H,1H3. The van der Waals surface area contributed by atoms with Gasteiger partial charge in [0.05, 0.1) is 15.6 Å². The first-order valence-electron chi connectivity index (χ1n) is 5.76. The Morgan fingerprint density at radius 2 is 1.50 bits per heavy atom. The van der Waals surface area contributed by atoms with Crippen LogP contribution in [0.25, 0.3) is 0 Å². The Balaban J connectivity index is 2.21. The minimum Gasteiger partial charge on any atom is -0.423 e. The second-order valence-electron chi connectivity index (χ2n) is 4.07. The lowest BCUT2D eigenvalue weighted by Gasteiger charge is -2.07. The fourth-order valence-corrected chi connectivity index (χ4v) is 2.16. The number of halogens is 2. The van der Waals surface area contributed by atoms with Crippen molar-refractivity contribution in [2.75, 3.05) is 0 Å². The largest absolute Gasteiger partial charge is 0.423 e. The second-order valence-corrected chi connectivity index (χ2v) is 4.88. The van der Waals surface area contributed by atoms with E-state index in [0.29, 0.717) is 11.3 Å². The van der Waals surface area contributed by atoms with E-state index in [0.717, 1.165) is 0 Å². The van der Waals surface area contributed by atoms with Crippen molar-refractivity contribution >= 4 is 35.0 Å². The van der Waals surface area contributed by atoms with Crippen LogP contribution >= 0.6 is 23.2 Å². The second kappa shape index (κ2) is 6.07. The van der Waals surface area contributed by atoms with Gasteiger partial charge >= 0.3 is 5.97 Å². The highest BCUT2D eigenvalue weighted by Gasteiger charge is 2.16. The maximum absolute atomic E-state index is 12.0. The molecule has 0 aliphatic rings. The molecule has 0 amide bonds. The molecule has 2 aromatic rings. The molecule has 0 heterocycles. The van der Waals surface area contributed by atoms with Crippen molar-refractivity contribution in [3.63, 3.8) is 0 Å². The summed E-state index contributed by atoms with van der Waals surface area (Å²) in [6.45, 7) is 1.46. The summed E-state index contributed by atoms with van der Waals surface area (Å²) in [6, 6.07) is 11.0. The van der Waals surface area contributed by atoms with E-state index in [2.05, 4.69) is 0 Å². The fourth-order valence-electron chi connectivity index (χ4n) is 1.61. The minimum atomic E-state index is -0.642. The van der Waals surface area contributed by atoms with Crippen LogP contribution in [-0.2, 0) is 0 Å². The van der Waals surface area contributed by atoms with Gasteiger partial charge in [0.15, 0.2) is 5.78 Å².